The van der Waals surface area contributed by atoms with Crippen molar-refractivity contribution in [2.24, 2.45) is 0 Å². The highest BCUT2D eigenvalue weighted by Crippen LogP contribution is 2.28. The SMILES string of the molecule is O.O=C(O)c1cccc([N+](=O)[O-])c1O. The number of nitro groups is 1. The van der Waals surface area contributed by atoms with Crippen molar-refractivity contribution in [2.45, 2.75) is 0 Å². The van der Waals surface area contributed by atoms with Crippen molar-refractivity contribution < 1.29 is 25.4 Å². The molecule has 1 rings (SSSR count). The lowest BCUT2D eigenvalue weighted by Gasteiger charge is -1.98. The third-order valence-electron chi connectivity index (χ3n) is 1.44. The summed E-state index contributed by atoms with van der Waals surface area (Å²) in [5.41, 5.74) is -1.09. The molecule has 0 unspecified atom stereocenters. The molecule has 14 heavy (non-hydrogen) atoms. The molecule has 76 valence electrons. The highest BCUT2D eigenvalue weighted by Gasteiger charge is 2.19. The van der Waals surface area contributed by atoms with E-state index in [1.807, 2.05) is 0 Å². The molecule has 1 aromatic rings. The van der Waals surface area contributed by atoms with E-state index in [4.69, 9.17) is 10.2 Å². The van der Waals surface area contributed by atoms with Crippen LogP contribution in [0.5, 0.6) is 5.75 Å². The molecule has 0 aliphatic heterocycles. The monoisotopic (exact) mass is 201 g/mol. The Labute approximate surface area is 77.7 Å². The standard InChI is InChI=1S/C7H5NO5.H2O/c9-6-4(7(10)11)2-1-3-5(6)8(12)13;/h1-3,9H,(H,10,11);1H2. The molecule has 0 spiro atoms. The fraction of sp³-hybridized carbons (Fsp3) is 0. The maximum atomic E-state index is 10.4. The van der Waals surface area contributed by atoms with Crippen molar-refractivity contribution in [3.63, 3.8) is 0 Å². The molecule has 7 nitrogen and oxygen atoms in total. The first-order chi connectivity index (χ1) is 6.04. The van der Waals surface area contributed by atoms with E-state index in [0.717, 1.165) is 12.1 Å². The molecule has 4 N–H and O–H groups in total. The second-order valence-corrected chi connectivity index (χ2v) is 2.24. The molecular formula is C7H7NO6. The van der Waals surface area contributed by atoms with Gasteiger partial charge in [0.25, 0.3) is 0 Å². The van der Waals surface area contributed by atoms with Crippen LogP contribution in [0, 0.1) is 10.1 Å². The van der Waals surface area contributed by atoms with Crippen LogP contribution < -0.4 is 0 Å². The van der Waals surface area contributed by atoms with Crippen molar-refractivity contribution in [2.75, 3.05) is 0 Å². The van der Waals surface area contributed by atoms with E-state index in [1.165, 1.54) is 6.07 Å². The quantitative estimate of drug-likeness (QED) is 0.519. The van der Waals surface area contributed by atoms with Crippen LogP contribution >= 0.6 is 0 Å². The summed E-state index contributed by atoms with van der Waals surface area (Å²) in [7, 11) is 0. The fourth-order valence-corrected chi connectivity index (χ4v) is 0.851. The molecule has 0 aliphatic carbocycles. The van der Waals surface area contributed by atoms with Crippen molar-refractivity contribution in [1.29, 1.82) is 0 Å². The number of hydrogen-bond acceptors (Lipinski definition) is 4. The first kappa shape index (κ1) is 11.8. The van der Waals surface area contributed by atoms with Crippen molar-refractivity contribution in [3.05, 3.63) is 33.9 Å². The van der Waals surface area contributed by atoms with Crippen molar-refractivity contribution >= 4 is 11.7 Å². The van der Waals surface area contributed by atoms with Gasteiger partial charge in [0.05, 0.1) is 4.92 Å². The summed E-state index contributed by atoms with van der Waals surface area (Å²) in [5.74, 6) is -2.22. The topological polar surface area (TPSA) is 132 Å². The molecule has 7 heteroatoms. The number of aromatic hydroxyl groups is 1. The van der Waals surface area contributed by atoms with Gasteiger partial charge in [-0.3, -0.25) is 10.1 Å². The maximum absolute atomic E-state index is 10.4. The van der Waals surface area contributed by atoms with Gasteiger partial charge in [0.1, 0.15) is 5.56 Å². The molecule has 0 radical (unpaired) electrons. The van der Waals surface area contributed by atoms with Gasteiger partial charge in [0, 0.05) is 6.07 Å². The lowest BCUT2D eigenvalue weighted by Crippen LogP contribution is -1.98. The van der Waals surface area contributed by atoms with Gasteiger partial charge >= 0.3 is 11.7 Å². The molecule has 0 heterocycles. The van der Waals surface area contributed by atoms with Gasteiger partial charge in [0.15, 0.2) is 0 Å². The van der Waals surface area contributed by atoms with Crippen molar-refractivity contribution in [3.8, 4) is 5.75 Å². The van der Waals surface area contributed by atoms with E-state index >= 15 is 0 Å². The van der Waals surface area contributed by atoms with Gasteiger partial charge in [-0.1, -0.05) is 6.07 Å². The average Bonchev–Trinajstić information content (AvgIpc) is 2.03. The number of nitro benzene ring substituents is 1. The van der Waals surface area contributed by atoms with Gasteiger partial charge in [-0.05, 0) is 6.07 Å². The summed E-state index contributed by atoms with van der Waals surface area (Å²) in [6.07, 6.45) is 0. The van der Waals surface area contributed by atoms with Crippen molar-refractivity contribution in [1.82, 2.24) is 0 Å². The van der Waals surface area contributed by atoms with Gasteiger partial charge < -0.3 is 15.7 Å². The van der Waals surface area contributed by atoms with E-state index in [0.29, 0.717) is 0 Å². The number of benzene rings is 1. The molecule has 0 aliphatic rings. The number of carboxylic acids is 1. The number of carbonyl (C=O) groups is 1. The highest BCUT2D eigenvalue weighted by atomic mass is 16.6. The number of nitrogens with zero attached hydrogens (tertiary/aromatic N) is 1. The first-order valence-electron chi connectivity index (χ1n) is 3.23. The Morgan fingerprint density at radius 2 is 2.00 bits per heavy atom. The molecule has 0 amide bonds. The summed E-state index contributed by atoms with van der Waals surface area (Å²) >= 11 is 0. The molecule has 0 saturated heterocycles. The molecule has 0 saturated carbocycles. The Balaban J connectivity index is 0.00000169. The number of para-hydroxylation sites is 1. The normalized spacial score (nSPS) is 8.86. The minimum Gasteiger partial charge on any atom is -0.501 e. The number of carboxylic acid groups (broad SMARTS) is 1. The second-order valence-electron chi connectivity index (χ2n) is 2.24. The molecule has 0 atom stereocenters. The predicted octanol–water partition coefficient (Wildman–Crippen LogP) is 0.174. The Morgan fingerprint density at radius 3 is 2.43 bits per heavy atom. The van der Waals surface area contributed by atoms with Crippen LogP contribution in [0.25, 0.3) is 0 Å². The average molecular weight is 201 g/mol. The third-order valence-corrected chi connectivity index (χ3v) is 1.44. The summed E-state index contributed by atoms with van der Waals surface area (Å²) in [6, 6.07) is 3.31. The van der Waals surface area contributed by atoms with Gasteiger partial charge in [0.2, 0.25) is 5.75 Å². The number of rotatable bonds is 2. The van der Waals surface area contributed by atoms with Gasteiger partial charge in [-0.15, -0.1) is 0 Å². The minimum atomic E-state index is -1.40. The number of aromatic carboxylic acids is 1. The van der Waals surface area contributed by atoms with E-state index in [1.54, 1.807) is 0 Å². The number of phenols is 1. The van der Waals surface area contributed by atoms with Crippen LogP contribution in [-0.2, 0) is 0 Å². The summed E-state index contributed by atoms with van der Waals surface area (Å²) < 4.78 is 0. The zero-order valence-electron chi connectivity index (χ0n) is 6.80. The van der Waals surface area contributed by atoms with Crippen LogP contribution in [-0.4, -0.2) is 26.6 Å². The lowest BCUT2D eigenvalue weighted by molar-refractivity contribution is -0.385. The second kappa shape index (κ2) is 4.19. The van der Waals surface area contributed by atoms with Crippen LogP contribution in [0.15, 0.2) is 18.2 Å². The summed E-state index contributed by atoms with van der Waals surface area (Å²) in [6.45, 7) is 0. The van der Waals surface area contributed by atoms with Crippen LogP contribution in [0.2, 0.25) is 0 Å². The van der Waals surface area contributed by atoms with E-state index < -0.39 is 27.9 Å². The van der Waals surface area contributed by atoms with E-state index in [-0.39, 0.29) is 5.48 Å². The fourth-order valence-electron chi connectivity index (χ4n) is 0.851. The Bertz CT molecular complexity index is 342. The first-order valence-corrected chi connectivity index (χ1v) is 3.23. The molecular weight excluding hydrogens is 194 g/mol. The zero-order valence-corrected chi connectivity index (χ0v) is 6.80. The number of hydrogen-bond donors (Lipinski definition) is 2. The minimum absolute atomic E-state index is 0. The van der Waals surface area contributed by atoms with E-state index in [2.05, 4.69) is 0 Å². The van der Waals surface area contributed by atoms with E-state index in [9.17, 15) is 14.9 Å². The molecule has 0 bridgehead atoms. The van der Waals surface area contributed by atoms with Gasteiger partial charge in [-0.25, -0.2) is 4.79 Å². The summed E-state index contributed by atoms with van der Waals surface area (Å²) in [5, 5.41) is 27.8. The molecule has 0 fully saturated rings. The van der Waals surface area contributed by atoms with Crippen LogP contribution in [0.3, 0.4) is 0 Å². The van der Waals surface area contributed by atoms with Crippen LogP contribution in [0.4, 0.5) is 5.69 Å². The van der Waals surface area contributed by atoms with Gasteiger partial charge in [-0.2, -0.15) is 0 Å². The molecule has 0 aromatic heterocycles. The Hall–Kier alpha value is -2.15. The Kier molecular flexibility index (Phi) is 3.55. The highest BCUT2D eigenvalue weighted by molar-refractivity contribution is 5.92. The third kappa shape index (κ3) is 1.96. The predicted molar refractivity (Wildman–Crippen MR) is 45.3 cm³/mol. The maximum Gasteiger partial charge on any atom is 0.339 e. The largest absolute Gasteiger partial charge is 0.501 e. The summed E-state index contributed by atoms with van der Waals surface area (Å²) in [4.78, 5) is 19.8. The van der Waals surface area contributed by atoms with Crippen LogP contribution in [0.1, 0.15) is 10.4 Å². The lowest BCUT2D eigenvalue weighted by atomic mass is 10.2. The zero-order chi connectivity index (χ0) is 10.0. The molecule has 1 aromatic carbocycles. The Morgan fingerprint density at radius 1 is 1.43 bits per heavy atom. The smallest absolute Gasteiger partial charge is 0.339 e.